The molecule has 0 radical (unpaired) electrons. The predicted molar refractivity (Wildman–Crippen MR) is 244 cm³/mol. The number of hydrogen-bond acceptors (Lipinski definition) is 19. The Morgan fingerprint density at radius 3 is 1.81 bits per heavy atom. The van der Waals surface area contributed by atoms with Crippen LogP contribution in [-0.4, -0.2) is 117 Å². The minimum atomic E-state index is -1.41. The summed E-state index contributed by atoms with van der Waals surface area (Å²) in [5.41, 5.74) is -4.98. The van der Waals surface area contributed by atoms with E-state index in [9.17, 15) is 57.8 Å². The van der Waals surface area contributed by atoms with Gasteiger partial charge in [-0.25, -0.2) is 19.2 Å². The number of ether oxygens (including phenoxy) is 7. The Kier molecular flexibility index (Phi) is 13.4. The van der Waals surface area contributed by atoms with E-state index in [1.165, 1.54) is 37.3 Å². The Labute approximate surface area is 387 Å². The van der Waals surface area contributed by atoms with Crippen LogP contribution < -0.4 is 46.8 Å². The number of carbonyl (C=O) groups is 6. The molecule has 360 valence electrons. The lowest BCUT2D eigenvalue weighted by Gasteiger charge is -2.37. The van der Waals surface area contributed by atoms with E-state index in [2.05, 4.69) is 19.5 Å². The van der Waals surface area contributed by atoms with Gasteiger partial charge in [-0.15, -0.1) is 0 Å². The van der Waals surface area contributed by atoms with E-state index in [-0.39, 0.29) is 39.1 Å². The zero-order chi connectivity index (χ0) is 50.3. The molecule has 1 aliphatic rings. The van der Waals surface area contributed by atoms with Gasteiger partial charge < -0.3 is 53.0 Å². The van der Waals surface area contributed by atoms with Crippen LogP contribution in [0, 0.1) is 0 Å². The van der Waals surface area contributed by atoms with Crippen molar-refractivity contribution in [2.45, 2.75) is 51.7 Å². The minimum Gasteiger partial charge on any atom is -0.506 e. The maximum atomic E-state index is 15.0. The minimum absolute atomic E-state index is 0.152. The molecule has 0 spiro atoms. The summed E-state index contributed by atoms with van der Waals surface area (Å²) in [4.78, 5) is 151. The molecule has 6 aromatic rings. The van der Waals surface area contributed by atoms with Crippen molar-refractivity contribution >= 4 is 89.6 Å². The molecule has 22 heteroatoms. The number of benzene rings is 5. The normalized spacial score (nSPS) is 15.2. The fourth-order valence-corrected chi connectivity index (χ4v) is 8.42. The van der Waals surface area contributed by atoms with Crippen LogP contribution >= 0.6 is 0 Å². The molecule has 3 unspecified atom stereocenters. The van der Waals surface area contributed by atoms with Crippen molar-refractivity contribution < 1.29 is 67.0 Å². The molecule has 0 bridgehead atoms. The summed E-state index contributed by atoms with van der Waals surface area (Å²) in [5.74, 6) is -7.70. The van der Waals surface area contributed by atoms with Crippen LogP contribution in [0.2, 0.25) is 0 Å². The van der Waals surface area contributed by atoms with E-state index < -0.39 is 157 Å². The van der Waals surface area contributed by atoms with E-state index >= 15 is 0 Å². The number of methoxy groups -OCH3 is 4. The van der Waals surface area contributed by atoms with Crippen molar-refractivity contribution in [3.05, 3.63) is 87.3 Å². The van der Waals surface area contributed by atoms with Gasteiger partial charge in [-0.1, -0.05) is 13.8 Å². The second kappa shape index (κ2) is 19.1. The first-order chi connectivity index (χ1) is 32.8. The SMILES string of the molecule is CCC(C)c1cc2c(=O)c3ccc4c(OC)c5c(=O)c6c(OCC(=O)OC)ccc(OCC(=O)OC)c6c(=O)c5c(O)c4c3c(=O)c2c(=O)n1CC(=O)N1CC(C(=O)OCC(=O)OC)NC(=O)C1C. The van der Waals surface area contributed by atoms with E-state index in [0.717, 1.165) is 37.9 Å². The van der Waals surface area contributed by atoms with Gasteiger partial charge in [0.25, 0.3) is 5.56 Å². The number of rotatable bonds is 14. The van der Waals surface area contributed by atoms with Crippen molar-refractivity contribution in [2.24, 2.45) is 0 Å². The predicted octanol–water partition coefficient (Wildman–Crippen LogP) is 0.694. The lowest BCUT2D eigenvalue weighted by molar-refractivity contribution is -0.161. The first kappa shape index (κ1) is 48.5. The summed E-state index contributed by atoms with van der Waals surface area (Å²) in [6.45, 7) is 1.45. The summed E-state index contributed by atoms with van der Waals surface area (Å²) in [7, 11) is 4.40. The molecule has 2 heterocycles. The maximum Gasteiger partial charge on any atom is 0.344 e. The van der Waals surface area contributed by atoms with Crippen LogP contribution in [0.5, 0.6) is 23.0 Å². The Bertz CT molecular complexity index is 3500. The molecule has 1 aromatic heterocycles. The number of pyridine rings is 1. The summed E-state index contributed by atoms with van der Waals surface area (Å²) in [6, 6.07) is 3.63. The number of esters is 4. The average Bonchev–Trinajstić information content (AvgIpc) is 3.34. The Balaban J connectivity index is 1.49. The molecule has 7 rings (SSSR count). The standard InChI is InChI=1S/C47H43N3O19/c1-8-19(2)25-13-23-34(46(61)50(25)15-28(51)49-14-24(48-45(60)20(49)3)47(62)69-18-31(54)65-6)40(56)32-21(39(23)55)9-10-22-33(32)41(57)37-38(44(22)66-7)43(59)36-27(68-17-30(53)64-5)12-11-26(35(36)42(37)58)67-16-29(52)63-4/h9-13,19-20,24,57H,8,14-18H2,1-7H3,(H,48,60). The quantitative estimate of drug-likeness (QED) is 0.0657. The highest BCUT2D eigenvalue weighted by atomic mass is 16.6. The Morgan fingerprint density at radius 2 is 1.25 bits per heavy atom. The van der Waals surface area contributed by atoms with Crippen LogP contribution in [0.3, 0.4) is 0 Å². The number of hydrogen-bond donors (Lipinski definition) is 2. The van der Waals surface area contributed by atoms with Crippen molar-refractivity contribution in [3.63, 3.8) is 0 Å². The van der Waals surface area contributed by atoms with E-state index in [4.69, 9.17) is 18.9 Å². The zero-order valence-corrected chi connectivity index (χ0v) is 38.1. The molecule has 0 aliphatic carbocycles. The number of carbonyl (C=O) groups excluding carboxylic acids is 6. The largest absolute Gasteiger partial charge is 0.506 e. The maximum absolute atomic E-state index is 15.0. The zero-order valence-electron chi connectivity index (χ0n) is 38.1. The highest BCUT2D eigenvalue weighted by Gasteiger charge is 2.39. The third-order valence-corrected chi connectivity index (χ3v) is 12.2. The molecule has 2 amide bonds. The third kappa shape index (κ3) is 8.26. The second-order valence-electron chi connectivity index (χ2n) is 15.9. The number of phenolic OH excluding ortho intramolecular Hbond substituents is 1. The van der Waals surface area contributed by atoms with Crippen molar-refractivity contribution in [1.29, 1.82) is 0 Å². The first-order valence-corrected chi connectivity index (χ1v) is 21.1. The summed E-state index contributed by atoms with van der Waals surface area (Å²) < 4.78 is 36.6. The van der Waals surface area contributed by atoms with Crippen molar-refractivity contribution in [2.75, 3.05) is 54.8 Å². The van der Waals surface area contributed by atoms with Gasteiger partial charge >= 0.3 is 23.9 Å². The van der Waals surface area contributed by atoms with Crippen molar-refractivity contribution in [3.8, 4) is 23.0 Å². The average molecular weight is 954 g/mol. The molecular weight excluding hydrogens is 911 g/mol. The fraction of sp³-hybridized carbons (Fsp3) is 0.340. The van der Waals surface area contributed by atoms with Gasteiger partial charge in [0.1, 0.15) is 41.6 Å². The number of aromatic hydroxyl groups is 1. The van der Waals surface area contributed by atoms with Gasteiger partial charge in [-0.2, -0.15) is 0 Å². The molecule has 69 heavy (non-hydrogen) atoms. The van der Waals surface area contributed by atoms with E-state index in [0.29, 0.717) is 6.42 Å². The van der Waals surface area contributed by atoms with Gasteiger partial charge in [0.15, 0.2) is 25.2 Å². The van der Waals surface area contributed by atoms with Crippen LogP contribution in [0.25, 0.3) is 53.9 Å². The van der Waals surface area contributed by atoms with Crippen LogP contribution in [-0.2, 0) is 54.3 Å². The number of fused-ring (bicyclic) bond motifs is 6. The summed E-state index contributed by atoms with van der Waals surface area (Å²) >= 11 is 0. The number of aromatic nitrogens is 1. The number of piperazine rings is 1. The molecule has 3 atom stereocenters. The van der Waals surface area contributed by atoms with E-state index in [1.807, 2.05) is 0 Å². The second-order valence-corrected chi connectivity index (χ2v) is 15.9. The van der Waals surface area contributed by atoms with Crippen LogP contribution in [0.1, 0.15) is 38.8 Å². The lowest BCUT2D eigenvalue weighted by atomic mass is 9.91. The fourth-order valence-electron chi connectivity index (χ4n) is 8.42. The molecular formula is C47H43N3O19. The van der Waals surface area contributed by atoms with Gasteiger partial charge in [-0.3, -0.25) is 33.6 Å². The summed E-state index contributed by atoms with van der Waals surface area (Å²) in [5, 5.41) is 9.99. The molecule has 2 N–H and O–H groups in total. The molecule has 0 saturated carbocycles. The smallest absolute Gasteiger partial charge is 0.344 e. The molecule has 22 nitrogen and oxygen atoms in total. The Hall–Kier alpha value is -8.43. The number of phenols is 1. The molecule has 1 fully saturated rings. The van der Waals surface area contributed by atoms with Gasteiger partial charge in [-0.05, 0) is 49.6 Å². The van der Waals surface area contributed by atoms with Gasteiger partial charge in [0.2, 0.25) is 28.1 Å². The lowest BCUT2D eigenvalue weighted by Crippen LogP contribution is -2.63. The van der Waals surface area contributed by atoms with Gasteiger partial charge in [0.05, 0.1) is 61.9 Å². The first-order valence-electron chi connectivity index (χ1n) is 21.1. The number of nitrogens with zero attached hydrogens (tertiary/aromatic N) is 2. The molecule has 1 saturated heterocycles. The number of amides is 2. The monoisotopic (exact) mass is 953 g/mol. The number of nitrogens with one attached hydrogen (secondary N) is 1. The molecule has 1 aliphatic heterocycles. The molecule has 5 aromatic carbocycles. The summed E-state index contributed by atoms with van der Waals surface area (Å²) in [6.07, 6.45) is 0.384. The van der Waals surface area contributed by atoms with Crippen molar-refractivity contribution in [1.82, 2.24) is 14.8 Å². The van der Waals surface area contributed by atoms with Crippen LogP contribution in [0.4, 0.5) is 0 Å². The van der Waals surface area contributed by atoms with Gasteiger partial charge in [0, 0.05) is 32.6 Å². The highest BCUT2D eigenvalue weighted by Crippen LogP contribution is 2.44. The van der Waals surface area contributed by atoms with E-state index in [1.54, 1.807) is 13.8 Å². The Morgan fingerprint density at radius 1 is 0.696 bits per heavy atom. The highest BCUT2D eigenvalue weighted by molar-refractivity contribution is 6.23. The third-order valence-electron chi connectivity index (χ3n) is 12.2. The topological polar surface area (TPSA) is 293 Å². The van der Waals surface area contributed by atoms with Crippen LogP contribution in [0.15, 0.2) is 54.3 Å².